The van der Waals surface area contributed by atoms with Crippen molar-refractivity contribution < 1.29 is 4.74 Å². The van der Waals surface area contributed by atoms with Crippen LogP contribution in [-0.2, 0) is 10.3 Å². The molecule has 1 aliphatic heterocycles. The van der Waals surface area contributed by atoms with Gasteiger partial charge in [-0.15, -0.1) is 6.58 Å². The lowest BCUT2D eigenvalue weighted by molar-refractivity contribution is 0.0974. The van der Waals surface area contributed by atoms with Crippen molar-refractivity contribution in [3.63, 3.8) is 0 Å². The molecule has 2 atom stereocenters. The van der Waals surface area contributed by atoms with E-state index in [0.717, 1.165) is 5.56 Å². The molecule has 0 aliphatic carbocycles. The molecule has 0 unspecified atom stereocenters. The Hall–Kier alpha value is -1.35. The number of hydrogen-bond donors (Lipinski definition) is 1. The molecule has 1 heterocycles. The lowest BCUT2D eigenvalue weighted by atomic mass is 9.89. The molecule has 1 fully saturated rings. The summed E-state index contributed by atoms with van der Waals surface area (Å²) in [5, 5.41) is 3.52. The van der Waals surface area contributed by atoms with Crippen LogP contribution < -0.4 is 5.32 Å². The van der Waals surface area contributed by atoms with Crippen molar-refractivity contribution in [1.82, 2.24) is 5.32 Å². The van der Waals surface area contributed by atoms with E-state index in [9.17, 15) is 0 Å². The maximum atomic E-state index is 5.69. The summed E-state index contributed by atoms with van der Waals surface area (Å²) in [5.41, 5.74) is 0.655. The van der Waals surface area contributed by atoms with Crippen molar-refractivity contribution in [1.29, 1.82) is 0 Å². The summed E-state index contributed by atoms with van der Waals surface area (Å²) < 4.78 is 5.69. The Bertz CT molecular complexity index is 390. The summed E-state index contributed by atoms with van der Waals surface area (Å²) in [7, 11) is 0. The molecule has 2 rings (SSSR count). The fourth-order valence-corrected chi connectivity index (χ4v) is 2.14. The topological polar surface area (TPSA) is 21.3 Å². The summed E-state index contributed by atoms with van der Waals surface area (Å²) in [6, 6.07) is 10.1. The van der Waals surface area contributed by atoms with E-state index >= 15 is 0 Å². The molecule has 15 heavy (non-hydrogen) atoms. The third-order valence-electron chi connectivity index (χ3n) is 2.75. The third-order valence-corrected chi connectivity index (χ3v) is 2.96. The highest BCUT2D eigenvalue weighted by atomic mass is 32.1. The Morgan fingerprint density at radius 1 is 1.47 bits per heavy atom. The van der Waals surface area contributed by atoms with Crippen LogP contribution >= 0.6 is 12.2 Å². The minimum Gasteiger partial charge on any atom is -0.457 e. The van der Waals surface area contributed by atoms with E-state index in [-0.39, 0.29) is 6.04 Å². The fraction of sp³-hybridized carbons (Fsp3) is 0.250. The van der Waals surface area contributed by atoms with Crippen LogP contribution in [-0.4, -0.2) is 11.2 Å². The summed E-state index contributed by atoms with van der Waals surface area (Å²) in [5.74, 6) is 0. The maximum absolute atomic E-state index is 5.69. The predicted molar refractivity (Wildman–Crippen MR) is 64.6 cm³/mol. The van der Waals surface area contributed by atoms with Gasteiger partial charge in [-0.3, -0.25) is 0 Å². The molecule has 2 nitrogen and oxygen atoms in total. The molecule has 1 saturated heterocycles. The Balaban J connectivity index is 2.41. The molecule has 0 amide bonds. The standard InChI is InChI=1S/C12H13NOS/c1-3-10-12(2,14-11(15)13-10)9-7-5-4-6-8-9/h3-8,10H,1H2,2H3,(H,13,15)/t10-,12-/m0/s1. The van der Waals surface area contributed by atoms with Crippen LogP contribution in [0.25, 0.3) is 0 Å². The Labute approximate surface area is 94.9 Å². The van der Waals surface area contributed by atoms with Gasteiger partial charge in [0.15, 0.2) is 5.60 Å². The molecule has 0 radical (unpaired) electrons. The molecule has 0 bridgehead atoms. The van der Waals surface area contributed by atoms with E-state index in [4.69, 9.17) is 17.0 Å². The molecular formula is C12H13NOS. The first kappa shape index (κ1) is 10.2. The minimum absolute atomic E-state index is 0.0207. The summed E-state index contributed by atoms with van der Waals surface area (Å²) in [6.45, 7) is 5.81. The predicted octanol–water partition coefficient (Wildman–Crippen LogP) is 2.36. The normalized spacial score (nSPS) is 29.4. The number of ether oxygens (including phenoxy) is 1. The molecule has 0 aromatic heterocycles. The van der Waals surface area contributed by atoms with Crippen molar-refractivity contribution in [2.24, 2.45) is 0 Å². The highest BCUT2D eigenvalue weighted by molar-refractivity contribution is 7.80. The van der Waals surface area contributed by atoms with E-state index in [2.05, 4.69) is 11.9 Å². The van der Waals surface area contributed by atoms with Crippen LogP contribution in [0.3, 0.4) is 0 Å². The van der Waals surface area contributed by atoms with E-state index in [0.29, 0.717) is 5.17 Å². The van der Waals surface area contributed by atoms with Crippen molar-refractivity contribution in [2.75, 3.05) is 0 Å². The molecule has 0 spiro atoms. The SMILES string of the molecule is C=C[C@@H]1NC(=S)O[C@@]1(C)c1ccccc1. The van der Waals surface area contributed by atoms with E-state index in [1.165, 1.54) is 0 Å². The molecular weight excluding hydrogens is 206 g/mol. The van der Waals surface area contributed by atoms with E-state index in [1.54, 1.807) is 0 Å². The van der Waals surface area contributed by atoms with E-state index in [1.807, 2.05) is 43.3 Å². The van der Waals surface area contributed by atoms with Gasteiger partial charge in [-0.25, -0.2) is 0 Å². The smallest absolute Gasteiger partial charge is 0.258 e. The zero-order valence-corrected chi connectivity index (χ0v) is 9.38. The van der Waals surface area contributed by atoms with Crippen LogP contribution in [0.2, 0.25) is 0 Å². The molecule has 1 aliphatic rings. The monoisotopic (exact) mass is 219 g/mol. The average molecular weight is 219 g/mol. The van der Waals surface area contributed by atoms with Crippen molar-refractivity contribution in [2.45, 2.75) is 18.6 Å². The van der Waals surface area contributed by atoms with Crippen molar-refractivity contribution in [3.8, 4) is 0 Å². The highest BCUT2D eigenvalue weighted by Crippen LogP contribution is 2.33. The second kappa shape index (κ2) is 3.66. The van der Waals surface area contributed by atoms with Gasteiger partial charge in [0.1, 0.15) is 0 Å². The first-order chi connectivity index (χ1) is 7.16. The van der Waals surface area contributed by atoms with Gasteiger partial charge in [0, 0.05) is 0 Å². The number of nitrogens with one attached hydrogen (secondary N) is 1. The van der Waals surface area contributed by atoms with Crippen LogP contribution in [0.1, 0.15) is 12.5 Å². The second-order valence-corrected chi connectivity index (χ2v) is 4.09. The fourth-order valence-electron chi connectivity index (χ4n) is 1.84. The van der Waals surface area contributed by atoms with Gasteiger partial charge >= 0.3 is 0 Å². The van der Waals surface area contributed by atoms with Gasteiger partial charge in [-0.05, 0) is 24.7 Å². The van der Waals surface area contributed by atoms with Gasteiger partial charge < -0.3 is 10.1 Å². The van der Waals surface area contributed by atoms with Gasteiger partial charge in [0.2, 0.25) is 0 Å². The van der Waals surface area contributed by atoms with Crippen LogP contribution in [0, 0.1) is 0 Å². The zero-order chi connectivity index (χ0) is 10.9. The maximum Gasteiger partial charge on any atom is 0.258 e. The number of rotatable bonds is 2. The molecule has 78 valence electrons. The Morgan fingerprint density at radius 2 is 2.13 bits per heavy atom. The first-order valence-corrected chi connectivity index (χ1v) is 5.25. The molecule has 0 saturated carbocycles. The number of benzene rings is 1. The average Bonchev–Trinajstić information content (AvgIpc) is 2.56. The van der Waals surface area contributed by atoms with E-state index < -0.39 is 5.60 Å². The van der Waals surface area contributed by atoms with Gasteiger partial charge in [-0.1, -0.05) is 36.4 Å². The molecule has 1 N–H and O–H groups in total. The Kier molecular flexibility index (Phi) is 2.49. The first-order valence-electron chi connectivity index (χ1n) is 4.84. The van der Waals surface area contributed by atoms with Crippen LogP contribution in [0.15, 0.2) is 43.0 Å². The van der Waals surface area contributed by atoms with Crippen molar-refractivity contribution in [3.05, 3.63) is 48.6 Å². The highest BCUT2D eigenvalue weighted by Gasteiger charge is 2.43. The Morgan fingerprint density at radius 3 is 2.73 bits per heavy atom. The summed E-state index contributed by atoms with van der Waals surface area (Å²) >= 11 is 5.03. The molecule has 1 aromatic carbocycles. The summed E-state index contributed by atoms with van der Waals surface area (Å²) in [4.78, 5) is 0. The number of thiocarbonyl (C=S) groups is 1. The van der Waals surface area contributed by atoms with Crippen LogP contribution in [0.5, 0.6) is 0 Å². The van der Waals surface area contributed by atoms with Crippen LogP contribution in [0.4, 0.5) is 0 Å². The quantitative estimate of drug-likeness (QED) is 0.609. The van der Waals surface area contributed by atoms with Gasteiger partial charge in [-0.2, -0.15) is 0 Å². The van der Waals surface area contributed by atoms with Crippen molar-refractivity contribution >= 4 is 17.4 Å². The largest absolute Gasteiger partial charge is 0.457 e. The van der Waals surface area contributed by atoms with Gasteiger partial charge in [0.25, 0.3) is 5.17 Å². The zero-order valence-electron chi connectivity index (χ0n) is 8.57. The lowest BCUT2D eigenvalue weighted by Gasteiger charge is -2.27. The second-order valence-electron chi connectivity index (χ2n) is 3.72. The third kappa shape index (κ3) is 1.63. The summed E-state index contributed by atoms with van der Waals surface area (Å²) in [6.07, 6.45) is 1.83. The number of hydrogen-bond acceptors (Lipinski definition) is 2. The lowest BCUT2D eigenvalue weighted by Crippen LogP contribution is -2.36. The van der Waals surface area contributed by atoms with Gasteiger partial charge in [0.05, 0.1) is 6.04 Å². The minimum atomic E-state index is -0.444. The molecule has 3 heteroatoms. The molecule has 1 aromatic rings.